The molecule has 1 amide bonds. The van der Waals surface area contributed by atoms with Crippen LogP contribution in [0.25, 0.3) is 0 Å². The minimum absolute atomic E-state index is 0.0862. The van der Waals surface area contributed by atoms with E-state index in [1.54, 1.807) is 32.4 Å². The molecule has 1 aromatic carbocycles. The third-order valence-electron chi connectivity index (χ3n) is 3.96. The molecule has 0 spiro atoms. The highest BCUT2D eigenvalue weighted by molar-refractivity contribution is 5.91. The Balaban J connectivity index is 2.34. The van der Waals surface area contributed by atoms with Crippen molar-refractivity contribution in [1.29, 1.82) is 0 Å². The van der Waals surface area contributed by atoms with E-state index < -0.39 is 5.91 Å². The maximum absolute atomic E-state index is 12.9. The number of ether oxygens (including phenoxy) is 2. The number of rotatable bonds is 8. The van der Waals surface area contributed by atoms with Crippen LogP contribution in [0.1, 0.15) is 35.6 Å². The second-order valence-corrected chi connectivity index (χ2v) is 6.32. The average Bonchev–Trinajstić information content (AvgIpc) is 2.66. The fraction of sp³-hybridized carbons (Fsp3) is 0.421. The Bertz CT molecular complexity index is 825. The molecule has 0 saturated heterocycles. The van der Waals surface area contributed by atoms with Gasteiger partial charge in [0, 0.05) is 6.20 Å². The van der Waals surface area contributed by atoms with Gasteiger partial charge in [-0.1, -0.05) is 19.9 Å². The Morgan fingerprint density at radius 1 is 1.19 bits per heavy atom. The number of nitrogens with zero attached hydrogens (tertiary/aromatic N) is 2. The van der Waals surface area contributed by atoms with Crippen LogP contribution in [0.4, 0.5) is 0 Å². The highest BCUT2D eigenvalue weighted by atomic mass is 16.7. The minimum atomic E-state index is -0.480. The fourth-order valence-electron chi connectivity index (χ4n) is 2.65. The van der Waals surface area contributed by atoms with Crippen LogP contribution in [-0.2, 0) is 17.8 Å². The van der Waals surface area contributed by atoms with Crippen molar-refractivity contribution >= 4 is 5.91 Å². The monoisotopic (exact) mass is 375 g/mol. The van der Waals surface area contributed by atoms with Gasteiger partial charge in [0.05, 0.1) is 33.4 Å². The van der Waals surface area contributed by atoms with E-state index in [4.69, 9.17) is 14.3 Å². The Morgan fingerprint density at radius 2 is 1.81 bits per heavy atom. The van der Waals surface area contributed by atoms with E-state index in [9.17, 15) is 9.59 Å². The first-order valence-electron chi connectivity index (χ1n) is 8.55. The van der Waals surface area contributed by atoms with Crippen LogP contribution in [0.15, 0.2) is 29.2 Å². The van der Waals surface area contributed by atoms with Crippen molar-refractivity contribution in [3.8, 4) is 11.5 Å². The van der Waals surface area contributed by atoms with Gasteiger partial charge in [-0.05, 0) is 24.5 Å². The molecule has 0 aliphatic rings. The number of hydroxylamine groups is 2. The number of benzene rings is 1. The van der Waals surface area contributed by atoms with Gasteiger partial charge in [-0.2, -0.15) is 0 Å². The summed E-state index contributed by atoms with van der Waals surface area (Å²) in [6, 6.07) is 5.34. The second kappa shape index (κ2) is 9.18. The molecule has 0 atom stereocenters. The van der Waals surface area contributed by atoms with Crippen molar-refractivity contribution in [2.75, 3.05) is 21.3 Å². The summed E-state index contributed by atoms with van der Waals surface area (Å²) in [4.78, 5) is 36.8. The molecular weight excluding hydrogens is 350 g/mol. The molecule has 1 heterocycles. The normalized spacial score (nSPS) is 10.7. The number of hydrogen-bond donors (Lipinski definition) is 1. The number of carbonyl (C=O) groups is 1. The van der Waals surface area contributed by atoms with Crippen LogP contribution in [-0.4, -0.2) is 42.3 Å². The predicted octanol–water partition coefficient (Wildman–Crippen LogP) is 2.19. The molecule has 27 heavy (non-hydrogen) atoms. The van der Waals surface area contributed by atoms with E-state index in [2.05, 4.69) is 9.97 Å². The van der Waals surface area contributed by atoms with E-state index in [0.717, 1.165) is 5.06 Å². The van der Waals surface area contributed by atoms with Crippen LogP contribution < -0.4 is 15.0 Å². The number of methoxy groups -OCH3 is 2. The Morgan fingerprint density at radius 3 is 2.33 bits per heavy atom. The predicted molar refractivity (Wildman–Crippen MR) is 99.8 cm³/mol. The summed E-state index contributed by atoms with van der Waals surface area (Å²) in [5.41, 5.74) is 0.780. The zero-order valence-electron chi connectivity index (χ0n) is 16.2. The van der Waals surface area contributed by atoms with Crippen molar-refractivity contribution in [3.63, 3.8) is 0 Å². The first kappa shape index (κ1) is 20.4. The molecule has 2 aromatic rings. The van der Waals surface area contributed by atoms with Crippen LogP contribution in [0.2, 0.25) is 0 Å². The summed E-state index contributed by atoms with van der Waals surface area (Å²) in [5.74, 6) is 0.894. The Hall–Kier alpha value is -2.87. The first-order chi connectivity index (χ1) is 12.9. The number of carbonyl (C=O) groups excluding carboxylic acids is 1. The highest BCUT2D eigenvalue weighted by Crippen LogP contribution is 2.29. The topological polar surface area (TPSA) is 93.8 Å². The van der Waals surface area contributed by atoms with Crippen LogP contribution >= 0.6 is 0 Å². The van der Waals surface area contributed by atoms with Gasteiger partial charge in [-0.3, -0.25) is 14.4 Å². The maximum Gasteiger partial charge on any atom is 0.297 e. The number of H-pyrrole nitrogens is 1. The lowest BCUT2D eigenvalue weighted by molar-refractivity contribution is -0.102. The van der Waals surface area contributed by atoms with E-state index >= 15 is 0 Å². The van der Waals surface area contributed by atoms with Crippen molar-refractivity contribution in [2.24, 2.45) is 5.92 Å². The number of hydrogen-bond acceptors (Lipinski definition) is 6. The zero-order chi connectivity index (χ0) is 20.0. The number of amides is 1. The molecule has 0 saturated carbocycles. The van der Waals surface area contributed by atoms with Gasteiger partial charge >= 0.3 is 0 Å². The lowest BCUT2D eigenvalue weighted by atomic mass is 10.1. The molecule has 0 bridgehead atoms. The molecular formula is C19H25N3O5. The molecule has 2 rings (SSSR count). The second-order valence-electron chi connectivity index (χ2n) is 6.32. The SMILES string of the molecule is COc1cccc(OC)c1CN(OC)C(=O)c1c[nH]c(=O)c(CC(C)C)n1. The molecule has 146 valence electrons. The van der Waals surface area contributed by atoms with Gasteiger partial charge in [0.1, 0.15) is 22.9 Å². The van der Waals surface area contributed by atoms with Gasteiger partial charge in [0.25, 0.3) is 11.5 Å². The first-order valence-corrected chi connectivity index (χ1v) is 8.55. The fourth-order valence-corrected chi connectivity index (χ4v) is 2.65. The van der Waals surface area contributed by atoms with Crippen molar-refractivity contribution in [1.82, 2.24) is 15.0 Å². The summed E-state index contributed by atoms with van der Waals surface area (Å²) >= 11 is 0. The lowest BCUT2D eigenvalue weighted by Crippen LogP contribution is -2.32. The van der Waals surface area contributed by atoms with E-state index in [1.807, 2.05) is 13.8 Å². The minimum Gasteiger partial charge on any atom is -0.496 e. The van der Waals surface area contributed by atoms with Gasteiger partial charge in [-0.15, -0.1) is 0 Å². The quantitative estimate of drug-likeness (QED) is 0.711. The van der Waals surface area contributed by atoms with E-state index in [-0.39, 0.29) is 23.7 Å². The van der Waals surface area contributed by atoms with Crippen LogP contribution in [0.5, 0.6) is 11.5 Å². The number of aromatic amines is 1. The molecule has 8 heteroatoms. The summed E-state index contributed by atoms with van der Waals surface area (Å²) in [6.07, 6.45) is 1.77. The van der Waals surface area contributed by atoms with E-state index in [0.29, 0.717) is 29.2 Å². The molecule has 0 aliphatic heterocycles. The standard InChI is InChI=1S/C19H25N3O5/c1-12(2)9-14-18(23)20-10-15(21-14)19(24)22(27-5)11-13-16(25-3)7-6-8-17(13)26-4/h6-8,10,12H,9,11H2,1-5H3,(H,20,23). The van der Waals surface area contributed by atoms with Gasteiger partial charge in [0.2, 0.25) is 0 Å². The average molecular weight is 375 g/mol. The molecule has 0 unspecified atom stereocenters. The largest absolute Gasteiger partial charge is 0.496 e. The third kappa shape index (κ3) is 4.85. The summed E-state index contributed by atoms with van der Waals surface area (Å²) < 4.78 is 10.7. The summed E-state index contributed by atoms with van der Waals surface area (Å²) in [7, 11) is 4.47. The van der Waals surface area contributed by atoms with Gasteiger partial charge in [-0.25, -0.2) is 10.0 Å². The molecule has 0 aliphatic carbocycles. The van der Waals surface area contributed by atoms with Crippen molar-refractivity contribution in [3.05, 3.63) is 51.7 Å². The molecule has 8 nitrogen and oxygen atoms in total. The Labute approximate surface area is 158 Å². The van der Waals surface area contributed by atoms with Crippen molar-refractivity contribution in [2.45, 2.75) is 26.8 Å². The lowest BCUT2D eigenvalue weighted by Gasteiger charge is -2.22. The molecule has 1 N–H and O–H groups in total. The van der Waals surface area contributed by atoms with Crippen molar-refractivity contribution < 1.29 is 19.1 Å². The smallest absolute Gasteiger partial charge is 0.297 e. The molecule has 0 fully saturated rings. The van der Waals surface area contributed by atoms with Crippen LogP contribution in [0.3, 0.4) is 0 Å². The summed E-state index contributed by atoms with van der Waals surface area (Å²) in [5, 5.41) is 1.14. The zero-order valence-corrected chi connectivity index (χ0v) is 16.2. The Kier molecular flexibility index (Phi) is 6.95. The maximum atomic E-state index is 12.9. The van der Waals surface area contributed by atoms with E-state index in [1.165, 1.54) is 13.3 Å². The number of nitrogens with one attached hydrogen (secondary N) is 1. The molecule has 0 radical (unpaired) electrons. The third-order valence-corrected chi connectivity index (χ3v) is 3.96. The summed E-state index contributed by atoms with van der Waals surface area (Å²) in [6.45, 7) is 4.04. The van der Waals surface area contributed by atoms with Gasteiger partial charge < -0.3 is 14.5 Å². The molecule has 1 aromatic heterocycles. The number of aromatic nitrogens is 2. The van der Waals surface area contributed by atoms with Crippen LogP contribution in [0, 0.1) is 5.92 Å². The highest BCUT2D eigenvalue weighted by Gasteiger charge is 2.22. The van der Waals surface area contributed by atoms with Gasteiger partial charge in [0.15, 0.2) is 0 Å².